The zero-order valence-corrected chi connectivity index (χ0v) is 21.9. The Morgan fingerprint density at radius 1 is 0.722 bits per heavy atom. The molecule has 0 saturated carbocycles. The molecule has 0 aliphatic carbocycles. The average Bonchev–Trinajstić information content (AvgIpc) is 3.20. The van der Waals surface area contributed by atoms with Crippen LogP contribution < -0.4 is 5.46 Å². The van der Waals surface area contributed by atoms with Gasteiger partial charge in [0, 0.05) is 21.8 Å². The largest absolute Gasteiger partial charge is 0.427 e. The van der Waals surface area contributed by atoms with Crippen LogP contribution >= 0.6 is 0 Å². The van der Waals surface area contributed by atoms with Gasteiger partial charge in [0.1, 0.15) is 0 Å². The van der Waals surface area contributed by atoms with Crippen LogP contribution in [0.1, 0.15) is 38.8 Å². The number of rotatable bonds is 6. The minimum absolute atomic E-state index is 0.762. The summed E-state index contributed by atoms with van der Waals surface area (Å²) in [5, 5.41) is 13.0. The molecule has 5 aromatic rings. The molecule has 0 aliphatic heterocycles. The molecule has 4 aromatic carbocycles. The maximum atomic E-state index is 10.6. The summed E-state index contributed by atoms with van der Waals surface area (Å²) in [6, 6.07) is 28.0. The zero-order valence-electron chi connectivity index (χ0n) is 21.9. The van der Waals surface area contributed by atoms with Gasteiger partial charge in [-0.15, -0.1) is 0 Å². The Labute approximate surface area is 214 Å². The normalized spacial score (nSPS) is 12.4. The van der Waals surface area contributed by atoms with E-state index in [1.807, 2.05) is 13.8 Å². The molecular formula is C32H33BNO2. The molecule has 36 heavy (non-hydrogen) atoms. The number of H-pyrrole nitrogens is 1. The lowest BCUT2D eigenvalue weighted by Crippen LogP contribution is -2.49. The number of hydrogen-bond donors (Lipinski definition) is 2. The highest BCUT2D eigenvalue weighted by Crippen LogP contribution is 2.34. The Bertz CT molecular complexity index is 1570. The monoisotopic (exact) mass is 474 g/mol. The van der Waals surface area contributed by atoms with Gasteiger partial charge in [-0.25, -0.2) is 0 Å². The lowest BCUT2D eigenvalue weighted by Gasteiger charge is -2.37. The molecule has 1 aromatic heterocycles. The van der Waals surface area contributed by atoms with E-state index in [2.05, 4.69) is 97.7 Å². The van der Waals surface area contributed by atoms with Gasteiger partial charge in [0.25, 0.3) is 0 Å². The molecule has 0 aliphatic rings. The summed E-state index contributed by atoms with van der Waals surface area (Å²) in [7, 11) is 1.79. The van der Waals surface area contributed by atoms with E-state index in [1.54, 1.807) is 21.3 Å². The number of fused-ring (bicyclic) bond motifs is 3. The van der Waals surface area contributed by atoms with Crippen molar-refractivity contribution in [3.05, 3.63) is 90.0 Å². The molecule has 0 amide bonds. The summed E-state index contributed by atoms with van der Waals surface area (Å²) >= 11 is 0. The Morgan fingerprint density at radius 2 is 1.31 bits per heavy atom. The first-order chi connectivity index (χ1) is 17.0. The molecule has 0 atom stereocenters. The third-order valence-corrected chi connectivity index (χ3v) is 7.60. The van der Waals surface area contributed by atoms with E-state index in [1.165, 1.54) is 33.2 Å². The summed E-state index contributed by atoms with van der Waals surface area (Å²) in [5.41, 5.74) is 8.56. The lowest BCUT2D eigenvalue weighted by molar-refractivity contribution is -0.0893. The van der Waals surface area contributed by atoms with Crippen LogP contribution in [0, 0.1) is 13.8 Å². The number of hydrogen-bond acceptors (Lipinski definition) is 2. The van der Waals surface area contributed by atoms with E-state index in [0.29, 0.717) is 0 Å². The van der Waals surface area contributed by atoms with Crippen LogP contribution in [0.3, 0.4) is 0 Å². The lowest BCUT2D eigenvalue weighted by atomic mass is 9.80. The van der Waals surface area contributed by atoms with Gasteiger partial charge in [0.15, 0.2) is 0 Å². The van der Waals surface area contributed by atoms with Crippen LogP contribution in [-0.2, 0) is 4.65 Å². The summed E-state index contributed by atoms with van der Waals surface area (Å²) in [6.45, 7) is 11.7. The predicted molar refractivity (Wildman–Crippen MR) is 153 cm³/mol. The number of aryl methyl sites for hydroxylation is 2. The highest BCUT2D eigenvalue weighted by atomic mass is 16.5. The van der Waals surface area contributed by atoms with E-state index in [0.717, 1.165) is 27.4 Å². The third kappa shape index (κ3) is 4.36. The Balaban J connectivity index is 1.71. The number of aliphatic hydroxyl groups is 1. The average molecular weight is 474 g/mol. The SMILES string of the molecule is Cc1ccccc1-c1ccc2[nH]c3c([B]OC(C)(C)C(C)(C)O)cc(-c4ccccc4C)cc3c2c1. The minimum Gasteiger partial charge on any atom is -0.427 e. The molecule has 0 unspecified atom stereocenters. The van der Waals surface area contributed by atoms with Gasteiger partial charge in [-0.2, -0.15) is 0 Å². The molecule has 0 spiro atoms. The maximum absolute atomic E-state index is 10.6. The third-order valence-electron chi connectivity index (χ3n) is 7.60. The first-order valence-corrected chi connectivity index (χ1v) is 12.5. The molecule has 3 nitrogen and oxygen atoms in total. The first-order valence-electron chi connectivity index (χ1n) is 12.5. The Kier molecular flexibility index (Phi) is 6.06. The van der Waals surface area contributed by atoms with Gasteiger partial charge in [-0.05, 0) is 98.6 Å². The first kappa shape index (κ1) is 24.4. The van der Waals surface area contributed by atoms with Crippen LogP contribution in [0.25, 0.3) is 44.1 Å². The summed E-state index contributed by atoms with van der Waals surface area (Å²) in [6.07, 6.45) is 0. The van der Waals surface area contributed by atoms with Gasteiger partial charge in [-0.3, -0.25) is 0 Å². The van der Waals surface area contributed by atoms with Crippen molar-refractivity contribution < 1.29 is 9.76 Å². The van der Waals surface area contributed by atoms with Crippen molar-refractivity contribution in [3.63, 3.8) is 0 Å². The Hall–Kier alpha value is -3.34. The van der Waals surface area contributed by atoms with Crippen molar-refractivity contribution in [1.82, 2.24) is 4.98 Å². The second kappa shape index (κ2) is 8.95. The zero-order chi connectivity index (χ0) is 25.7. The van der Waals surface area contributed by atoms with Crippen LogP contribution in [0.15, 0.2) is 78.9 Å². The molecule has 0 fully saturated rings. The van der Waals surface area contributed by atoms with Crippen molar-refractivity contribution >= 4 is 34.8 Å². The summed E-state index contributed by atoms with van der Waals surface area (Å²) in [4.78, 5) is 3.63. The van der Waals surface area contributed by atoms with E-state index in [-0.39, 0.29) is 0 Å². The van der Waals surface area contributed by atoms with Gasteiger partial charge in [0.2, 0.25) is 0 Å². The molecule has 5 rings (SSSR count). The molecular weight excluding hydrogens is 441 g/mol. The smallest absolute Gasteiger partial charge is 0.333 e. The van der Waals surface area contributed by atoms with Gasteiger partial charge >= 0.3 is 7.48 Å². The van der Waals surface area contributed by atoms with Gasteiger partial charge < -0.3 is 14.7 Å². The predicted octanol–water partition coefficient (Wildman–Crippen LogP) is 7.08. The number of nitrogens with one attached hydrogen (secondary N) is 1. The number of aromatic amines is 1. The fourth-order valence-corrected chi connectivity index (χ4v) is 4.59. The molecule has 2 N–H and O–H groups in total. The van der Waals surface area contributed by atoms with E-state index in [4.69, 9.17) is 4.65 Å². The van der Waals surface area contributed by atoms with Crippen molar-refractivity contribution in [1.29, 1.82) is 0 Å². The highest BCUT2D eigenvalue weighted by Gasteiger charge is 2.36. The molecule has 181 valence electrons. The van der Waals surface area contributed by atoms with Gasteiger partial charge in [0.05, 0.1) is 11.2 Å². The van der Waals surface area contributed by atoms with E-state index >= 15 is 0 Å². The number of aromatic nitrogens is 1. The maximum Gasteiger partial charge on any atom is 0.333 e. The summed E-state index contributed by atoms with van der Waals surface area (Å²) < 4.78 is 6.22. The van der Waals surface area contributed by atoms with E-state index < -0.39 is 11.2 Å². The Morgan fingerprint density at radius 3 is 1.92 bits per heavy atom. The van der Waals surface area contributed by atoms with Crippen LogP contribution in [0.4, 0.5) is 0 Å². The van der Waals surface area contributed by atoms with Crippen molar-refractivity contribution in [2.75, 3.05) is 0 Å². The number of benzene rings is 4. The quantitative estimate of drug-likeness (QED) is 0.258. The topological polar surface area (TPSA) is 45.2 Å². The van der Waals surface area contributed by atoms with Crippen molar-refractivity contribution in [3.8, 4) is 22.3 Å². The van der Waals surface area contributed by atoms with Gasteiger partial charge in [-0.1, -0.05) is 60.7 Å². The highest BCUT2D eigenvalue weighted by molar-refractivity contribution is 6.52. The summed E-state index contributed by atoms with van der Waals surface area (Å²) in [5.74, 6) is 0. The van der Waals surface area contributed by atoms with Crippen molar-refractivity contribution in [2.45, 2.75) is 52.7 Å². The molecule has 1 radical (unpaired) electrons. The second-order valence-electron chi connectivity index (χ2n) is 10.8. The fraction of sp³-hybridized carbons (Fsp3) is 0.250. The van der Waals surface area contributed by atoms with E-state index in [9.17, 15) is 5.11 Å². The van der Waals surface area contributed by atoms with Crippen molar-refractivity contribution in [2.24, 2.45) is 0 Å². The molecule has 0 bridgehead atoms. The second-order valence-corrected chi connectivity index (χ2v) is 10.8. The molecule has 1 heterocycles. The standard InChI is InChI=1S/C32H33BNO2/c1-20-11-7-9-13-24(20)22-15-16-29-26(17-22)27-18-23(25-14-10-8-12-21(25)2)19-28(30(27)34-29)33-36-32(5,6)31(3,4)35/h7-19,34-35H,1-6H3. The fourth-order valence-electron chi connectivity index (χ4n) is 4.59. The molecule has 0 saturated heterocycles. The van der Waals surface area contributed by atoms with Crippen LogP contribution in [0.2, 0.25) is 0 Å². The van der Waals surface area contributed by atoms with Crippen LogP contribution in [0.5, 0.6) is 0 Å². The van der Waals surface area contributed by atoms with Crippen LogP contribution in [-0.4, -0.2) is 28.8 Å². The molecule has 4 heteroatoms. The minimum atomic E-state index is -1.00.